The molecule has 2 aromatic rings. The number of benzene rings is 1. The molecule has 0 saturated carbocycles. The van der Waals surface area contributed by atoms with Gasteiger partial charge in [-0.3, -0.25) is 4.79 Å². The monoisotopic (exact) mass is 277 g/mol. The normalized spacial score (nSPS) is 11.9. The number of methoxy groups -OCH3 is 1. The molecule has 0 radical (unpaired) electrons. The molecule has 0 saturated heterocycles. The summed E-state index contributed by atoms with van der Waals surface area (Å²) in [6.45, 7) is 1.88. The van der Waals surface area contributed by atoms with Gasteiger partial charge in [0.05, 0.1) is 19.6 Å². The van der Waals surface area contributed by atoms with E-state index >= 15 is 0 Å². The van der Waals surface area contributed by atoms with E-state index in [0.29, 0.717) is 6.42 Å². The number of carbonyl (C=O) groups is 1. The Bertz CT molecular complexity index is 581. The molecule has 0 fully saturated rings. The molecular formula is C15H16FNO3. The van der Waals surface area contributed by atoms with Gasteiger partial charge in [-0.2, -0.15) is 0 Å². The summed E-state index contributed by atoms with van der Waals surface area (Å²) in [5.74, 6) is -0.752. The highest BCUT2D eigenvalue weighted by Gasteiger charge is 2.13. The number of hydrogen-bond acceptors (Lipinski definition) is 3. The standard InChI is InChI=1S/C15H16FNO3/c1-10(7-11-5-6-20-9-11)17-15(18)12-3-4-14(19-2)13(16)8-12/h3-6,8-10H,7H2,1-2H3,(H,17,18)/t10-/m1/s1. The quantitative estimate of drug-likeness (QED) is 0.914. The lowest BCUT2D eigenvalue weighted by Crippen LogP contribution is -2.34. The third-order valence-corrected chi connectivity index (χ3v) is 2.91. The molecule has 0 spiro atoms. The van der Waals surface area contributed by atoms with E-state index in [1.165, 1.54) is 25.3 Å². The number of furan rings is 1. The van der Waals surface area contributed by atoms with Crippen molar-refractivity contribution >= 4 is 5.91 Å². The Morgan fingerprint density at radius 2 is 2.25 bits per heavy atom. The summed E-state index contributed by atoms with van der Waals surface area (Å²) in [5, 5.41) is 2.81. The van der Waals surface area contributed by atoms with E-state index in [2.05, 4.69) is 5.32 Å². The van der Waals surface area contributed by atoms with Gasteiger partial charge in [-0.25, -0.2) is 4.39 Å². The van der Waals surface area contributed by atoms with Crippen molar-refractivity contribution < 1.29 is 18.3 Å². The van der Waals surface area contributed by atoms with Gasteiger partial charge in [-0.05, 0) is 43.2 Å². The Balaban J connectivity index is 1.99. The van der Waals surface area contributed by atoms with E-state index in [9.17, 15) is 9.18 Å². The number of ether oxygens (including phenoxy) is 1. The van der Waals surface area contributed by atoms with Crippen LogP contribution in [0.2, 0.25) is 0 Å². The first-order valence-electron chi connectivity index (χ1n) is 6.25. The van der Waals surface area contributed by atoms with E-state index in [4.69, 9.17) is 9.15 Å². The highest BCUT2D eigenvalue weighted by atomic mass is 19.1. The van der Waals surface area contributed by atoms with Crippen molar-refractivity contribution in [1.82, 2.24) is 5.32 Å². The fourth-order valence-corrected chi connectivity index (χ4v) is 1.93. The van der Waals surface area contributed by atoms with Crippen LogP contribution in [0.5, 0.6) is 5.75 Å². The van der Waals surface area contributed by atoms with Crippen LogP contribution in [-0.4, -0.2) is 19.1 Å². The zero-order valence-corrected chi connectivity index (χ0v) is 11.4. The maximum Gasteiger partial charge on any atom is 0.251 e. The van der Waals surface area contributed by atoms with Crippen LogP contribution >= 0.6 is 0 Å². The summed E-state index contributed by atoms with van der Waals surface area (Å²) in [4.78, 5) is 12.0. The fourth-order valence-electron chi connectivity index (χ4n) is 1.93. The molecule has 0 unspecified atom stereocenters. The van der Waals surface area contributed by atoms with Gasteiger partial charge in [0.2, 0.25) is 0 Å². The molecule has 1 atom stereocenters. The summed E-state index contributed by atoms with van der Waals surface area (Å²) in [6.07, 6.45) is 3.87. The first-order valence-corrected chi connectivity index (χ1v) is 6.25. The molecular weight excluding hydrogens is 261 g/mol. The fraction of sp³-hybridized carbons (Fsp3) is 0.267. The highest BCUT2D eigenvalue weighted by molar-refractivity contribution is 5.94. The summed E-state index contributed by atoms with van der Waals surface area (Å²) in [6, 6.07) is 5.90. The Labute approximate surface area is 116 Å². The van der Waals surface area contributed by atoms with Crippen LogP contribution in [-0.2, 0) is 6.42 Å². The van der Waals surface area contributed by atoms with Gasteiger partial charge in [0.1, 0.15) is 0 Å². The van der Waals surface area contributed by atoms with Crippen molar-refractivity contribution in [3.8, 4) is 5.75 Å². The highest BCUT2D eigenvalue weighted by Crippen LogP contribution is 2.17. The average Bonchev–Trinajstić information content (AvgIpc) is 2.91. The predicted molar refractivity (Wildman–Crippen MR) is 72.3 cm³/mol. The number of halogens is 1. The smallest absolute Gasteiger partial charge is 0.251 e. The van der Waals surface area contributed by atoms with Gasteiger partial charge < -0.3 is 14.5 Å². The lowest BCUT2D eigenvalue weighted by Gasteiger charge is -2.13. The second kappa shape index (κ2) is 6.23. The van der Waals surface area contributed by atoms with Crippen molar-refractivity contribution in [2.24, 2.45) is 0 Å². The lowest BCUT2D eigenvalue weighted by molar-refractivity contribution is 0.0939. The van der Waals surface area contributed by atoms with E-state index in [0.717, 1.165) is 5.56 Å². The topological polar surface area (TPSA) is 51.5 Å². The summed E-state index contributed by atoms with van der Waals surface area (Å²) < 4.78 is 23.3. The first kappa shape index (κ1) is 14.1. The second-order valence-electron chi connectivity index (χ2n) is 4.56. The molecule has 1 heterocycles. The number of rotatable bonds is 5. The molecule has 1 amide bonds. The van der Waals surface area contributed by atoms with Crippen molar-refractivity contribution in [1.29, 1.82) is 0 Å². The largest absolute Gasteiger partial charge is 0.494 e. The zero-order chi connectivity index (χ0) is 14.5. The Kier molecular flexibility index (Phi) is 4.40. The van der Waals surface area contributed by atoms with E-state index < -0.39 is 5.82 Å². The van der Waals surface area contributed by atoms with E-state index in [-0.39, 0.29) is 23.3 Å². The maximum atomic E-state index is 13.5. The second-order valence-corrected chi connectivity index (χ2v) is 4.56. The van der Waals surface area contributed by atoms with Gasteiger partial charge in [-0.15, -0.1) is 0 Å². The van der Waals surface area contributed by atoms with Crippen molar-refractivity contribution in [2.75, 3.05) is 7.11 Å². The SMILES string of the molecule is COc1ccc(C(=O)N[C@H](C)Cc2ccoc2)cc1F. The minimum Gasteiger partial charge on any atom is -0.494 e. The number of hydrogen-bond donors (Lipinski definition) is 1. The van der Waals surface area contributed by atoms with Crippen molar-refractivity contribution in [3.05, 3.63) is 53.7 Å². The van der Waals surface area contributed by atoms with Gasteiger partial charge in [0.25, 0.3) is 5.91 Å². The van der Waals surface area contributed by atoms with Gasteiger partial charge >= 0.3 is 0 Å². The Hall–Kier alpha value is -2.30. The lowest BCUT2D eigenvalue weighted by atomic mass is 10.1. The number of amides is 1. The van der Waals surface area contributed by atoms with Crippen LogP contribution < -0.4 is 10.1 Å². The molecule has 5 heteroatoms. The zero-order valence-electron chi connectivity index (χ0n) is 11.4. The molecule has 0 aliphatic rings. The molecule has 4 nitrogen and oxygen atoms in total. The molecule has 1 N–H and O–H groups in total. The molecule has 0 aliphatic carbocycles. The van der Waals surface area contributed by atoms with Crippen LogP contribution in [0.25, 0.3) is 0 Å². The molecule has 20 heavy (non-hydrogen) atoms. The van der Waals surface area contributed by atoms with E-state index in [1.54, 1.807) is 12.5 Å². The molecule has 0 aliphatic heterocycles. The first-order chi connectivity index (χ1) is 9.60. The van der Waals surface area contributed by atoms with E-state index in [1.807, 2.05) is 13.0 Å². The Morgan fingerprint density at radius 3 is 2.85 bits per heavy atom. The molecule has 0 bridgehead atoms. The minimum absolute atomic E-state index is 0.0785. The van der Waals surface area contributed by atoms with Crippen molar-refractivity contribution in [3.63, 3.8) is 0 Å². The Morgan fingerprint density at radius 1 is 1.45 bits per heavy atom. The third kappa shape index (κ3) is 3.38. The maximum absolute atomic E-state index is 13.5. The van der Waals surface area contributed by atoms with Crippen LogP contribution in [0.3, 0.4) is 0 Å². The van der Waals surface area contributed by atoms with Crippen LogP contribution in [0, 0.1) is 5.82 Å². The number of carbonyl (C=O) groups excluding carboxylic acids is 1. The summed E-state index contributed by atoms with van der Waals surface area (Å²) >= 11 is 0. The van der Waals surface area contributed by atoms with Crippen LogP contribution in [0.15, 0.2) is 41.2 Å². The molecule has 1 aromatic heterocycles. The summed E-state index contributed by atoms with van der Waals surface area (Å²) in [5.41, 5.74) is 1.26. The van der Waals surface area contributed by atoms with Crippen LogP contribution in [0.4, 0.5) is 4.39 Å². The summed E-state index contributed by atoms with van der Waals surface area (Å²) in [7, 11) is 1.38. The van der Waals surface area contributed by atoms with Gasteiger partial charge in [0, 0.05) is 11.6 Å². The number of nitrogens with one attached hydrogen (secondary N) is 1. The predicted octanol–water partition coefficient (Wildman–Crippen LogP) is 2.79. The minimum atomic E-state index is -0.553. The molecule has 2 rings (SSSR count). The third-order valence-electron chi connectivity index (χ3n) is 2.91. The van der Waals surface area contributed by atoms with Gasteiger partial charge in [0.15, 0.2) is 11.6 Å². The average molecular weight is 277 g/mol. The van der Waals surface area contributed by atoms with Gasteiger partial charge in [-0.1, -0.05) is 0 Å². The molecule has 106 valence electrons. The van der Waals surface area contributed by atoms with Crippen molar-refractivity contribution in [2.45, 2.75) is 19.4 Å². The van der Waals surface area contributed by atoms with Crippen LogP contribution in [0.1, 0.15) is 22.8 Å². The molecule has 1 aromatic carbocycles.